The summed E-state index contributed by atoms with van der Waals surface area (Å²) in [6.45, 7) is 5.44. The van der Waals surface area contributed by atoms with Gasteiger partial charge in [0.2, 0.25) is 0 Å². The average Bonchev–Trinajstić information content (AvgIpc) is 3.16. The van der Waals surface area contributed by atoms with Gasteiger partial charge in [-0.1, -0.05) is 68.7 Å². The highest BCUT2D eigenvalue weighted by Gasteiger charge is 2.24. The summed E-state index contributed by atoms with van der Waals surface area (Å²) in [6, 6.07) is 25.6. The van der Waals surface area contributed by atoms with Crippen molar-refractivity contribution in [2.45, 2.75) is 39.2 Å². The van der Waals surface area contributed by atoms with Crippen LogP contribution in [0.5, 0.6) is 0 Å². The van der Waals surface area contributed by atoms with Gasteiger partial charge in [-0.05, 0) is 48.4 Å². The molecule has 3 aromatic carbocycles. The highest BCUT2D eigenvalue weighted by molar-refractivity contribution is 5.87. The first-order chi connectivity index (χ1) is 15.6. The number of hydrogen-bond donors (Lipinski definition) is 2. The van der Waals surface area contributed by atoms with E-state index in [2.05, 4.69) is 71.3 Å². The molecule has 0 saturated carbocycles. The summed E-state index contributed by atoms with van der Waals surface area (Å²) in [5, 5.41) is 8.43. The second kappa shape index (κ2) is 11.8. The fourth-order valence-electron chi connectivity index (χ4n) is 3.84. The second-order valence-electron chi connectivity index (χ2n) is 8.06. The maximum Gasteiger partial charge on any atom is 0.335 e. The van der Waals surface area contributed by atoms with Gasteiger partial charge in [0.05, 0.1) is 23.6 Å². The van der Waals surface area contributed by atoms with Gasteiger partial charge in [0.1, 0.15) is 0 Å². The van der Waals surface area contributed by atoms with Gasteiger partial charge in [0.15, 0.2) is 0 Å². The molecule has 3 N–H and O–H groups in total. The Labute approximate surface area is 191 Å². The van der Waals surface area contributed by atoms with Gasteiger partial charge in [0.25, 0.3) is 0 Å². The molecule has 3 aromatic rings. The predicted octanol–water partition coefficient (Wildman–Crippen LogP) is 6.02. The van der Waals surface area contributed by atoms with Crippen molar-refractivity contribution in [3.63, 3.8) is 0 Å². The number of anilines is 3. The summed E-state index contributed by atoms with van der Waals surface area (Å²) in [6.07, 6.45) is 5.29. The normalized spacial score (nSPS) is 12.2. The minimum absolute atomic E-state index is 0.259. The zero-order chi connectivity index (χ0) is 22.8. The number of nitrogen functional groups attached to an aromatic ring is 1. The fraction of sp³-hybridized carbons (Fsp3) is 0.296. The lowest BCUT2D eigenvalue weighted by Crippen LogP contribution is -2.31. The fourth-order valence-corrected chi connectivity index (χ4v) is 3.84. The number of fused-ring (bicyclic) bond motifs is 1. The Balaban J connectivity index is 0.000000243. The van der Waals surface area contributed by atoms with E-state index in [0.29, 0.717) is 5.69 Å². The predicted molar refractivity (Wildman–Crippen MR) is 133 cm³/mol. The molecule has 168 valence electrons. The summed E-state index contributed by atoms with van der Waals surface area (Å²) in [4.78, 5) is 15.3. The number of hydrogen-bond acceptors (Lipinski definition) is 4. The van der Waals surface area contributed by atoms with Crippen LogP contribution in [0.25, 0.3) is 0 Å². The zero-order valence-electron chi connectivity index (χ0n) is 18.8. The Hall–Kier alpha value is -3.47. The third-order valence-corrected chi connectivity index (χ3v) is 5.56. The third-order valence-electron chi connectivity index (χ3n) is 5.56. The van der Waals surface area contributed by atoms with Gasteiger partial charge >= 0.3 is 5.97 Å². The highest BCUT2D eigenvalue weighted by atomic mass is 16.4. The van der Waals surface area contributed by atoms with Gasteiger partial charge < -0.3 is 20.6 Å². The largest absolute Gasteiger partial charge is 0.478 e. The van der Waals surface area contributed by atoms with Crippen molar-refractivity contribution < 1.29 is 9.90 Å². The van der Waals surface area contributed by atoms with E-state index in [1.807, 2.05) is 0 Å². The number of para-hydroxylation sites is 2. The molecular formula is C27H33N3O2. The molecule has 0 radical (unpaired) electrons. The number of aromatic carboxylic acids is 1. The Morgan fingerprint density at radius 2 is 1.47 bits per heavy atom. The molecule has 32 heavy (non-hydrogen) atoms. The smallest absolute Gasteiger partial charge is 0.335 e. The zero-order valence-corrected chi connectivity index (χ0v) is 18.8. The molecule has 0 bridgehead atoms. The first-order valence-corrected chi connectivity index (χ1v) is 11.3. The van der Waals surface area contributed by atoms with E-state index in [9.17, 15) is 4.79 Å². The van der Waals surface area contributed by atoms with E-state index < -0.39 is 5.97 Å². The van der Waals surface area contributed by atoms with Crippen molar-refractivity contribution in [2.24, 2.45) is 0 Å². The number of nitrogens with zero attached hydrogens (tertiary/aromatic N) is 2. The number of carboxylic acids is 1. The molecule has 1 aliphatic rings. The van der Waals surface area contributed by atoms with E-state index in [0.717, 1.165) is 13.2 Å². The maximum absolute atomic E-state index is 10.3. The molecule has 5 heteroatoms. The molecule has 0 aliphatic carbocycles. The van der Waals surface area contributed by atoms with Crippen LogP contribution in [-0.4, -0.2) is 24.3 Å². The Morgan fingerprint density at radius 1 is 0.844 bits per heavy atom. The Bertz CT molecular complexity index is 974. The summed E-state index contributed by atoms with van der Waals surface area (Å²) >= 11 is 0. The van der Waals surface area contributed by atoms with Crippen molar-refractivity contribution in [3.05, 3.63) is 90.0 Å². The number of benzene rings is 3. The molecule has 0 spiro atoms. The lowest BCUT2D eigenvalue weighted by molar-refractivity contribution is 0.0697. The molecule has 1 aliphatic heterocycles. The van der Waals surface area contributed by atoms with Crippen LogP contribution in [-0.2, 0) is 6.54 Å². The van der Waals surface area contributed by atoms with Gasteiger partial charge in [-0.2, -0.15) is 0 Å². The second-order valence-corrected chi connectivity index (χ2v) is 8.06. The summed E-state index contributed by atoms with van der Waals surface area (Å²) in [7, 11) is 0. The SMILES string of the molecule is CCCCCCN1CN(Cc2ccccc2)c2ccccc21.Nc1ccc(C(=O)O)cc1. The molecule has 0 aromatic heterocycles. The van der Waals surface area contributed by atoms with Gasteiger partial charge in [-0.3, -0.25) is 0 Å². The van der Waals surface area contributed by atoms with Crippen molar-refractivity contribution in [3.8, 4) is 0 Å². The number of carboxylic acid groups (broad SMARTS) is 1. The molecule has 1 heterocycles. The lowest BCUT2D eigenvalue weighted by Gasteiger charge is -2.22. The van der Waals surface area contributed by atoms with Crippen molar-refractivity contribution in [2.75, 3.05) is 28.7 Å². The first kappa shape index (κ1) is 23.2. The number of rotatable bonds is 8. The van der Waals surface area contributed by atoms with Gasteiger partial charge in [-0.15, -0.1) is 0 Å². The van der Waals surface area contributed by atoms with E-state index in [-0.39, 0.29) is 5.56 Å². The van der Waals surface area contributed by atoms with Crippen molar-refractivity contribution in [1.29, 1.82) is 0 Å². The summed E-state index contributed by atoms with van der Waals surface area (Å²) in [5.74, 6) is -0.931. The molecule has 0 saturated heterocycles. The van der Waals surface area contributed by atoms with E-state index in [4.69, 9.17) is 10.8 Å². The Kier molecular flexibility index (Phi) is 8.55. The van der Waals surface area contributed by atoms with Crippen LogP contribution in [0, 0.1) is 0 Å². The van der Waals surface area contributed by atoms with Crippen LogP contribution in [0.3, 0.4) is 0 Å². The van der Waals surface area contributed by atoms with Gasteiger partial charge in [-0.25, -0.2) is 4.79 Å². The van der Waals surface area contributed by atoms with Crippen LogP contribution in [0.15, 0.2) is 78.9 Å². The van der Waals surface area contributed by atoms with Crippen molar-refractivity contribution in [1.82, 2.24) is 0 Å². The molecule has 0 fully saturated rings. The maximum atomic E-state index is 10.3. The van der Waals surface area contributed by atoms with E-state index >= 15 is 0 Å². The summed E-state index contributed by atoms with van der Waals surface area (Å²) in [5.41, 5.74) is 10.3. The van der Waals surface area contributed by atoms with Gasteiger partial charge in [0, 0.05) is 18.8 Å². The molecule has 0 amide bonds. The van der Waals surface area contributed by atoms with Crippen LogP contribution in [0.4, 0.5) is 17.1 Å². The quantitative estimate of drug-likeness (QED) is 0.337. The molecule has 0 unspecified atom stereocenters. The first-order valence-electron chi connectivity index (χ1n) is 11.3. The number of unbranched alkanes of at least 4 members (excludes halogenated alkanes) is 3. The summed E-state index contributed by atoms with van der Waals surface area (Å²) < 4.78 is 0. The van der Waals surface area contributed by atoms with E-state index in [1.54, 1.807) is 12.1 Å². The molecular weight excluding hydrogens is 398 g/mol. The highest BCUT2D eigenvalue weighted by Crippen LogP contribution is 2.36. The molecule has 0 atom stereocenters. The van der Waals surface area contributed by atoms with Crippen LogP contribution in [0.1, 0.15) is 48.5 Å². The monoisotopic (exact) mass is 431 g/mol. The third kappa shape index (κ3) is 6.51. The molecule has 5 nitrogen and oxygen atoms in total. The van der Waals surface area contributed by atoms with E-state index in [1.165, 1.54) is 61.3 Å². The standard InChI is InChI=1S/C20H26N2.C7H7NO2/c1-2-3-4-10-15-21-17-22(16-18-11-6-5-7-12-18)20-14-9-8-13-19(20)21;8-6-3-1-5(2-4-6)7(9)10/h5-9,11-14H,2-4,10,15-17H2,1H3;1-4H,8H2,(H,9,10). The average molecular weight is 432 g/mol. The van der Waals surface area contributed by atoms with Crippen LogP contribution >= 0.6 is 0 Å². The minimum Gasteiger partial charge on any atom is -0.478 e. The van der Waals surface area contributed by atoms with Crippen LogP contribution in [0.2, 0.25) is 0 Å². The van der Waals surface area contributed by atoms with Crippen molar-refractivity contribution >= 4 is 23.0 Å². The number of carbonyl (C=O) groups is 1. The lowest BCUT2D eigenvalue weighted by atomic mass is 10.2. The molecule has 4 rings (SSSR count). The Morgan fingerprint density at radius 3 is 2.09 bits per heavy atom. The number of nitrogens with two attached hydrogens (primary N) is 1. The minimum atomic E-state index is -0.931. The topological polar surface area (TPSA) is 69.8 Å². The van der Waals surface area contributed by atoms with Crippen LogP contribution < -0.4 is 15.5 Å².